The number of Topliss-reactive ketones (excluding diaryl/α,β-unsaturated/α-hetero) is 1. The highest BCUT2D eigenvalue weighted by molar-refractivity contribution is 7.09. The number of cyclic esters (lactones) is 1. The summed E-state index contributed by atoms with van der Waals surface area (Å²) in [7, 11) is 0. The molecule has 6 nitrogen and oxygen atoms in total. The molecule has 1 aromatic heterocycles. The summed E-state index contributed by atoms with van der Waals surface area (Å²) in [4.78, 5) is 30.1. The number of rotatable bonds is 2. The van der Waals surface area contributed by atoms with Gasteiger partial charge in [-0.05, 0) is 71.4 Å². The number of aliphatic hydroxyl groups excluding tert-OH is 1. The molecule has 0 fully saturated rings. The van der Waals surface area contributed by atoms with Crippen LogP contribution in [0.3, 0.4) is 0 Å². The Bertz CT molecular complexity index is 885. The molecule has 2 heterocycles. The van der Waals surface area contributed by atoms with Gasteiger partial charge >= 0.3 is 5.97 Å². The van der Waals surface area contributed by atoms with Gasteiger partial charge in [0.05, 0.1) is 16.8 Å². The number of hydrogen-bond donors (Lipinski definition) is 1. The molecule has 1 aromatic rings. The maximum Gasteiger partial charge on any atom is 0.332 e. The smallest absolute Gasteiger partial charge is 0.332 e. The maximum absolute atomic E-state index is 13.0. The zero-order valence-electron chi connectivity index (χ0n) is 21.0. The molecular weight excluding hydrogens is 438 g/mol. The Hall–Kier alpha value is -1.83. The molecule has 4 atom stereocenters. The van der Waals surface area contributed by atoms with Crippen LogP contribution in [0, 0.1) is 18.8 Å². The SMILES string of the molecule is C/C1=C/CC(/C(C)=C/c2csc(C)n2)OC(=O)COC(C)(C)C(=O)C(C)C(O)C(C)CCC1. The number of aromatic nitrogens is 1. The van der Waals surface area contributed by atoms with Crippen LogP contribution in [0.4, 0.5) is 0 Å². The highest BCUT2D eigenvalue weighted by Crippen LogP contribution is 2.26. The molecule has 1 N–H and O–H groups in total. The van der Waals surface area contributed by atoms with E-state index in [1.165, 1.54) is 5.57 Å². The molecule has 0 amide bonds. The lowest BCUT2D eigenvalue weighted by Crippen LogP contribution is -2.45. The number of ketones is 1. The van der Waals surface area contributed by atoms with E-state index in [1.54, 1.807) is 32.1 Å². The Kier molecular flexibility index (Phi) is 10.0. The number of thiazole rings is 1. The molecule has 1 aliphatic rings. The molecule has 2 rings (SSSR count). The minimum atomic E-state index is -1.20. The molecule has 4 unspecified atom stereocenters. The largest absolute Gasteiger partial charge is 0.456 e. The lowest BCUT2D eigenvalue weighted by Gasteiger charge is -2.31. The number of ether oxygens (including phenoxy) is 2. The maximum atomic E-state index is 13.0. The molecule has 0 spiro atoms. The molecule has 33 heavy (non-hydrogen) atoms. The van der Waals surface area contributed by atoms with Crippen LogP contribution < -0.4 is 0 Å². The van der Waals surface area contributed by atoms with Crippen molar-refractivity contribution in [2.45, 2.75) is 92.0 Å². The minimum absolute atomic E-state index is 0.00934. The Labute approximate surface area is 202 Å². The second-order valence-corrected chi connectivity index (χ2v) is 10.8. The van der Waals surface area contributed by atoms with E-state index in [0.717, 1.165) is 35.5 Å². The first-order valence-corrected chi connectivity index (χ1v) is 12.6. The summed E-state index contributed by atoms with van der Waals surface area (Å²) in [5.41, 5.74) is 1.76. The predicted molar refractivity (Wildman–Crippen MR) is 132 cm³/mol. The molecule has 0 aliphatic carbocycles. The van der Waals surface area contributed by atoms with E-state index in [9.17, 15) is 14.7 Å². The number of carbonyl (C=O) groups is 2. The van der Waals surface area contributed by atoms with Gasteiger partial charge in [0.15, 0.2) is 5.78 Å². The summed E-state index contributed by atoms with van der Waals surface area (Å²) in [6.07, 6.45) is 6.06. The van der Waals surface area contributed by atoms with E-state index < -0.39 is 29.7 Å². The van der Waals surface area contributed by atoms with E-state index in [1.807, 2.05) is 32.2 Å². The molecule has 1 aliphatic heterocycles. The number of esters is 1. The topological polar surface area (TPSA) is 85.7 Å². The van der Waals surface area contributed by atoms with Crippen LogP contribution in [0.1, 0.15) is 77.9 Å². The molecule has 0 saturated heterocycles. The minimum Gasteiger partial charge on any atom is -0.456 e. The van der Waals surface area contributed by atoms with Crippen molar-refractivity contribution in [1.82, 2.24) is 4.98 Å². The van der Waals surface area contributed by atoms with Crippen LogP contribution in [0.25, 0.3) is 6.08 Å². The van der Waals surface area contributed by atoms with Crippen molar-refractivity contribution in [2.75, 3.05) is 6.61 Å². The Morgan fingerprint density at radius 1 is 1.27 bits per heavy atom. The lowest BCUT2D eigenvalue weighted by molar-refractivity contribution is -0.164. The van der Waals surface area contributed by atoms with E-state index >= 15 is 0 Å². The van der Waals surface area contributed by atoms with Gasteiger partial charge in [-0.3, -0.25) is 4.79 Å². The number of aliphatic hydroxyl groups is 1. The van der Waals surface area contributed by atoms with E-state index in [-0.39, 0.29) is 18.3 Å². The van der Waals surface area contributed by atoms with E-state index in [4.69, 9.17) is 9.47 Å². The van der Waals surface area contributed by atoms with Crippen molar-refractivity contribution in [1.29, 1.82) is 0 Å². The normalized spacial score (nSPS) is 30.4. The summed E-state index contributed by atoms with van der Waals surface area (Å²) in [6, 6.07) is 0. The first-order valence-electron chi connectivity index (χ1n) is 11.7. The highest BCUT2D eigenvalue weighted by atomic mass is 32.1. The number of nitrogens with zero attached hydrogens (tertiary/aromatic N) is 1. The van der Waals surface area contributed by atoms with Crippen LogP contribution in [0.15, 0.2) is 22.6 Å². The van der Waals surface area contributed by atoms with Gasteiger partial charge in [0, 0.05) is 17.7 Å². The van der Waals surface area contributed by atoms with E-state index in [0.29, 0.717) is 6.42 Å². The summed E-state index contributed by atoms with van der Waals surface area (Å²) in [5.74, 6) is -1.34. The molecule has 184 valence electrons. The van der Waals surface area contributed by atoms with Gasteiger partial charge < -0.3 is 14.6 Å². The molecule has 0 bridgehead atoms. The number of aryl methyl sites for hydroxylation is 1. The second-order valence-electron chi connectivity index (χ2n) is 9.76. The van der Waals surface area contributed by atoms with Gasteiger partial charge in [0.2, 0.25) is 0 Å². The van der Waals surface area contributed by atoms with Crippen LogP contribution in [-0.2, 0) is 19.1 Å². The zero-order chi connectivity index (χ0) is 24.8. The first kappa shape index (κ1) is 27.4. The third-order valence-electron chi connectivity index (χ3n) is 6.36. The van der Waals surface area contributed by atoms with Crippen molar-refractivity contribution in [3.05, 3.63) is 33.3 Å². The first-order chi connectivity index (χ1) is 15.4. The van der Waals surface area contributed by atoms with Crippen molar-refractivity contribution in [2.24, 2.45) is 11.8 Å². The molecule has 0 aromatic carbocycles. The Morgan fingerprint density at radius 2 is 1.97 bits per heavy atom. The summed E-state index contributed by atoms with van der Waals surface area (Å²) >= 11 is 1.58. The highest BCUT2D eigenvalue weighted by Gasteiger charge is 2.38. The van der Waals surface area contributed by atoms with Crippen molar-refractivity contribution >= 4 is 29.2 Å². The number of carbonyl (C=O) groups excluding carboxylic acids is 2. The molecule has 7 heteroatoms. The van der Waals surface area contributed by atoms with Crippen LogP contribution in [0.5, 0.6) is 0 Å². The Morgan fingerprint density at radius 3 is 2.61 bits per heavy atom. The van der Waals surface area contributed by atoms with Gasteiger partial charge in [-0.1, -0.05) is 25.5 Å². The van der Waals surface area contributed by atoms with Crippen molar-refractivity contribution < 1.29 is 24.2 Å². The number of allylic oxidation sites excluding steroid dienone is 1. The third kappa shape index (κ3) is 8.16. The van der Waals surface area contributed by atoms with Gasteiger partial charge in [-0.15, -0.1) is 11.3 Å². The molecule has 0 radical (unpaired) electrons. The summed E-state index contributed by atoms with van der Waals surface area (Å²) < 4.78 is 11.5. The quantitative estimate of drug-likeness (QED) is 0.460. The summed E-state index contributed by atoms with van der Waals surface area (Å²) in [6.45, 7) is 12.6. The fourth-order valence-electron chi connectivity index (χ4n) is 4.08. The fourth-order valence-corrected chi connectivity index (χ4v) is 4.65. The standard InChI is InChI=1S/C26H39NO5S/c1-16-9-8-10-17(2)24(29)19(4)25(30)26(6,7)31-14-23(28)32-22(12-11-16)18(3)13-21-15-33-20(5)27-21/h11,13,15,17,19,22,24,29H,8-10,12,14H2,1-7H3/b16-11-,18-13+. The average molecular weight is 478 g/mol. The van der Waals surface area contributed by atoms with Crippen LogP contribution >= 0.6 is 11.3 Å². The second kappa shape index (κ2) is 12.0. The van der Waals surface area contributed by atoms with Gasteiger partial charge in [-0.2, -0.15) is 0 Å². The van der Waals surface area contributed by atoms with Crippen molar-refractivity contribution in [3.8, 4) is 0 Å². The molecular formula is C26H39NO5S. The van der Waals surface area contributed by atoms with Crippen LogP contribution in [0.2, 0.25) is 0 Å². The van der Waals surface area contributed by atoms with Gasteiger partial charge in [-0.25, -0.2) is 9.78 Å². The van der Waals surface area contributed by atoms with Gasteiger partial charge in [0.25, 0.3) is 0 Å². The van der Waals surface area contributed by atoms with Crippen LogP contribution in [-0.4, -0.2) is 46.3 Å². The predicted octanol–water partition coefficient (Wildman–Crippen LogP) is 5.28. The third-order valence-corrected chi connectivity index (χ3v) is 7.15. The van der Waals surface area contributed by atoms with Crippen molar-refractivity contribution in [3.63, 3.8) is 0 Å². The lowest BCUT2D eigenvalue weighted by atomic mass is 9.82. The van der Waals surface area contributed by atoms with Gasteiger partial charge in [0.1, 0.15) is 18.3 Å². The summed E-state index contributed by atoms with van der Waals surface area (Å²) in [5, 5.41) is 13.7. The molecule has 0 saturated carbocycles. The fraction of sp³-hybridized carbons (Fsp3) is 0.654. The average Bonchev–Trinajstić information content (AvgIpc) is 3.17. The Balaban J connectivity index is 2.27. The number of hydrogen-bond acceptors (Lipinski definition) is 7. The van der Waals surface area contributed by atoms with E-state index in [2.05, 4.69) is 18.0 Å². The monoisotopic (exact) mass is 477 g/mol. The zero-order valence-corrected chi connectivity index (χ0v) is 21.8.